The first-order valence-corrected chi connectivity index (χ1v) is 6.52. The molecule has 0 aliphatic carbocycles. The highest BCUT2D eigenvalue weighted by Crippen LogP contribution is 2.20. The van der Waals surface area contributed by atoms with Gasteiger partial charge < -0.3 is 9.64 Å². The summed E-state index contributed by atoms with van der Waals surface area (Å²) in [5.41, 5.74) is -0.478. The first-order valence-electron chi connectivity index (χ1n) is 5.40. The van der Waals surface area contributed by atoms with Crippen LogP contribution < -0.4 is 0 Å². The zero-order valence-corrected chi connectivity index (χ0v) is 11.5. The lowest BCUT2D eigenvalue weighted by Gasteiger charge is -2.24. The molecule has 4 nitrogen and oxygen atoms in total. The largest absolute Gasteiger partial charge is 0.444 e. The highest BCUT2D eigenvalue weighted by Gasteiger charge is 2.32. The predicted octanol–water partition coefficient (Wildman–Crippen LogP) is 2.21. The molecule has 92 valence electrons. The van der Waals surface area contributed by atoms with Crippen LogP contribution in [0, 0.1) is 5.92 Å². The van der Waals surface area contributed by atoms with E-state index in [4.69, 9.17) is 4.74 Å². The van der Waals surface area contributed by atoms with Crippen LogP contribution >= 0.6 is 15.9 Å². The zero-order chi connectivity index (χ0) is 12.3. The number of ether oxygens (including phenoxy) is 1. The molecule has 0 aromatic heterocycles. The molecule has 1 saturated heterocycles. The van der Waals surface area contributed by atoms with Crippen LogP contribution in [-0.2, 0) is 9.53 Å². The molecular formula is C11H18BrNO3. The molecule has 1 aliphatic rings. The van der Waals surface area contributed by atoms with Gasteiger partial charge in [0.2, 0.25) is 0 Å². The highest BCUT2D eigenvalue weighted by atomic mass is 79.9. The summed E-state index contributed by atoms with van der Waals surface area (Å²) in [6.07, 6.45) is 0.418. The van der Waals surface area contributed by atoms with E-state index in [1.807, 2.05) is 20.8 Å². The lowest BCUT2D eigenvalue weighted by Crippen LogP contribution is -2.36. The summed E-state index contributed by atoms with van der Waals surface area (Å²) in [7, 11) is 0. The highest BCUT2D eigenvalue weighted by molar-refractivity contribution is 9.09. The molecule has 0 spiro atoms. The lowest BCUT2D eigenvalue weighted by molar-refractivity contribution is -0.119. The number of alkyl halides is 1. The van der Waals surface area contributed by atoms with Crippen molar-refractivity contribution in [3.8, 4) is 0 Å². The van der Waals surface area contributed by atoms with Crippen LogP contribution in [-0.4, -0.2) is 40.8 Å². The third-order valence-corrected chi connectivity index (χ3v) is 2.98. The van der Waals surface area contributed by atoms with E-state index in [2.05, 4.69) is 15.9 Å². The van der Waals surface area contributed by atoms with Crippen LogP contribution in [0.15, 0.2) is 0 Å². The van der Waals surface area contributed by atoms with Crippen molar-refractivity contribution in [2.75, 3.05) is 18.4 Å². The number of nitrogens with zero attached hydrogens (tertiary/aromatic N) is 1. The van der Waals surface area contributed by atoms with Gasteiger partial charge in [-0.05, 0) is 27.2 Å². The van der Waals surface area contributed by atoms with E-state index in [0.29, 0.717) is 18.4 Å². The van der Waals surface area contributed by atoms with Gasteiger partial charge in [-0.2, -0.15) is 0 Å². The van der Waals surface area contributed by atoms with Crippen LogP contribution in [0.3, 0.4) is 0 Å². The van der Waals surface area contributed by atoms with Crippen LogP contribution in [0.5, 0.6) is 0 Å². The average Bonchev–Trinajstić information content (AvgIpc) is 2.62. The molecule has 16 heavy (non-hydrogen) atoms. The van der Waals surface area contributed by atoms with Crippen molar-refractivity contribution in [2.24, 2.45) is 5.92 Å². The number of Topliss-reactive ketones (excluding diaryl/α,β-unsaturated/α-hetero) is 1. The van der Waals surface area contributed by atoms with E-state index in [0.717, 1.165) is 6.42 Å². The van der Waals surface area contributed by atoms with Crippen LogP contribution in [0.2, 0.25) is 0 Å². The Labute approximate surface area is 104 Å². The molecule has 1 fully saturated rings. The number of likely N-dealkylation sites (tertiary alicyclic amines) is 1. The molecule has 0 radical (unpaired) electrons. The fourth-order valence-electron chi connectivity index (χ4n) is 1.62. The van der Waals surface area contributed by atoms with Crippen molar-refractivity contribution < 1.29 is 14.3 Å². The Hall–Kier alpha value is -0.580. The maximum absolute atomic E-state index is 11.7. The average molecular weight is 292 g/mol. The number of carbonyl (C=O) groups excluding carboxylic acids is 2. The van der Waals surface area contributed by atoms with Crippen molar-refractivity contribution in [3.05, 3.63) is 0 Å². The van der Waals surface area contributed by atoms with Crippen molar-refractivity contribution in [1.82, 2.24) is 4.90 Å². The summed E-state index contributed by atoms with van der Waals surface area (Å²) in [5.74, 6) is 0.123. The summed E-state index contributed by atoms with van der Waals surface area (Å²) < 4.78 is 5.25. The Morgan fingerprint density at radius 2 is 2.06 bits per heavy atom. The maximum Gasteiger partial charge on any atom is 0.410 e. The molecule has 0 unspecified atom stereocenters. The molecule has 5 heteroatoms. The van der Waals surface area contributed by atoms with E-state index in [1.165, 1.54) is 0 Å². The standard InChI is InChI=1S/C11H18BrNO3/c1-11(2,3)16-10(15)13-5-4-8(7-13)9(14)6-12/h8H,4-7H2,1-3H3/t8-/m0/s1. The summed E-state index contributed by atoms with van der Waals surface area (Å²) in [6.45, 7) is 6.60. The fraction of sp³-hybridized carbons (Fsp3) is 0.818. The van der Waals surface area contributed by atoms with Crippen LogP contribution in [0.1, 0.15) is 27.2 Å². The Kier molecular flexibility index (Phi) is 4.35. The van der Waals surface area contributed by atoms with E-state index in [1.54, 1.807) is 4.90 Å². The number of amides is 1. The van der Waals surface area contributed by atoms with Crippen molar-refractivity contribution in [1.29, 1.82) is 0 Å². The molecule has 0 bridgehead atoms. The molecule has 1 amide bonds. The Morgan fingerprint density at radius 3 is 2.56 bits per heavy atom. The van der Waals surface area contributed by atoms with Gasteiger partial charge in [0, 0.05) is 19.0 Å². The maximum atomic E-state index is 11.7. The van der Waals surface area contributed by atoms with E-state index < -0.39 is 5.60 Å². The second-order valence-corrected chi connectivity index (χ2v) is 5.57. The number of rotatable bonds is 2. The minimum atomic E-state index is -0.478. The minimum absolute atomic E-state index is 0.0353. The molecule has 0 aromatic rings. The number of hydrogen-bond donors (Lipinski definition) is 0. The molecule has 0 N–H and O–H groups in total. The van der Waals surface area contributed by atoms with Crippen molar-refractivity contribution in [3.63, 3.8) is 0 Å². The quantitative estimate of drug-likeness (QED) is 0.733. The predicted molar refractivity (Wildman–Crippen MR) is 64.7 cm³/mol. The van der Waals surface area contributed by atoms with Crippen LogP contribution in [0.25, 0.3) is 0 Å². The number of ketones is 1. The zero-order valence-electron chi connectivity index (χ0n) is 9.96. The van der Waals surface area contributed by atoms with Crippen molar-refractivity contribution in [2.45, 2.75) is 32.8 Å². The molecule has 0 saturated carbocycles. The summed E-state index contributed by atoms with van der Waals surface area (Å²) in [5, 5.41) is 0.361. The van der Waals surface area contributed by atoms with E-state index >= 15 is 0 Å². The molecule has 1 aliphatic heterocycles. The lowest BCUT2D eigenvalue weighted by atomic mass is 10.1. The second-order valence-electron chi connectivity index (χ2n) is 5.01. The summed E-state index contributed by atoms with van der Waals surface area (Å²) >= 11 is 3.15. The summed E-state index contributed by atoms with van der Waals surface area (Å²) in [6, 6.07) is 0. The number of carbonyl (C=O) groups is 2. The van der Waals surface area contributed by atoms with Gasteiger partial charge in [-0.1, -0.05) is 15.9 Å². The SMILES string of the molecule is CC(C)(C)OC(=O)N1CC[C@H](C(=O)CBr)C1. The molecule has 1 rings (SSSR count). The van der Waals surface area contributed by atoms with Crippen molar-refractivity contribution >= 4 is 27.8 Å². The van der Waals surface area contributed by atoms with Gasteiger partial charge in [0.1, 0.15) is 11.4 Å². The van der Waals surface area contributed by atoms with E-state index in [-0.39, 0.29) is 17.8 Å². The van der Waals surface area contributed by atoms with Gasteiger partial charge in [-0.15, -0.1) is 0 Å². The molecular weight excluding hydrogens is 274 g/mol. The monoisotopic (exact) mass is 291 g/mol. The Balaban J connectivity index is 2.47. The number of halogens is 1. The third-order valence-electron chi connectivity index (χ3n) is 2.43. The van der Waals surface area contributed by atoms with Gasteiger partial charge in [-0.25, -0.2) is 4.79 Å². The minimum Gasteiger partial charge on any atom is -0.444 e. The first kappa shape index (κ1) is 13.5. The first-order chi connectivity index (χ1) is 7.33. The molecule has 1 atom stereocenters. The van der Waals surface area contributed by atoms with Crippen LogP contribution in [0.4, 0.5) is 4.79 Å². The smallest absolute Gasteiger partial charge is 0.410 e. The Bertz CT molecular complexity index is 285. The van der Waals surface area contributed by atoms with E-state index in [9.17, 15) is 9.59 Å². The number of hydrogen-bond acceptors (Lipinski definition) is 3. The fourth-order valence-corrected chi connectivity index (χ4v) is 2.08. The van der Waals surface area contributed by atoms with Gasteiger partial charge in [0.25, 0.3) is 0 Å². The Morgan fingerprint density at radius 1 is 1.44 bits per heavy atom. The second kappa shape index (κ2) is 5.17. The third kappa shape index (κ3) is 3.77. The van der Waals surface area contributed by atoms with Gasteiger partial charge in [-0.3, -0.25) is 4.79 Å². The summed E-state index contributed by atoms with van der Waals surface area (Å²) in [4.78, 5) is 24.7. The normalized spacial score (nSPS) is 21.0. The van der Waals surface area contributed by atoms with Gasteiger partial charge in [0.05, 0.1) is 5.33 Å². The van der Waals surface area contributed by atoms with Gasteiger partial charge >= 0.3 is 6.09 Å². The molecule has 0 aromatic carbocycles. The topological polar surface area (TPSA) is 46.6 Å². The molecule has 1 heterocycles. The van der Waals surface area contributed by atoms with Gasteiger partial charge in [0.15, 0.2) is 0 Å².